The number of carbonyl (C=O) groups is 1. The third kappa shape index (κ3) is 48.5. The average molecular weight is 909 g/mol. The van der Waals surface area contributed by atoms with Crippen molar-refractivity contribution >= 4 is 13.7 Å². The molecule has 0 radical (unpaired) electrons. The van der Waals surface area contributed by atoms with Gasteiger partial charge in [-0.25, -0.2) is 0 Å². The van der Waals surface area contributed by atoms with Crippen molar-refractivity contribution < 1.29 is 32.9 Å². The first kappa shape index (κ1) is 61.7. The Morgan fingerprint density at radius 1 is 0.540 bits per heavy atom. The molecule has 8 nitrogen and oxygen atoms in total. The molecule has 0 aliphatic heterocycles. The lowest BCUT2D eigenvalue weighted by Crippen LogP contribution is -2.45. The number of likely N-dealkylation sites (N-methyl/N-ethyl adjacent to an activating group) is 1. The van der Waals surface area contributed by atoms with Crippen molar-refractivity contribution in [2.75, 3.05) is 40.9 Å². The molecular formula is C54H105N2O6P. The van der Waals surface area contributed by atoms with E-state index < -0.39 is 26.6 Å². The topological polar surface area (TPSA) is 108 Å². The highest BCUT2D eigenvalue weighted by Gasteiger charge is 2.23. The lowest BCUT2D eigenvalue weighted by Gasteiger charge is -2.29. The summed E-state index contributed by atoms with van der Waals surface area (Å²) in [6.45, 7) is 4.60. The molecule has 0 aromatic carbocycles. The summed E-state index contributed by atoms with van der Waals surface area (Å²) in [4.78, 5) is 25.3. The standard InChI is InChI=1S/C54H105N2O6P/c1-6-8-10-12-14-16-18-19-20-21-22-23-24-25-26-27-28-29-30-31-32-33-34-35-36-37-38-40-42-44-46-48-54(58)55-52(51-62-63(59,60)61-50-49-56(3,4)5)53(57)47-45-43-41-39-17-15-13-11-9-7-2/h17,21-22,39,45,47,52-53,57H,6-16,18-20,23-38,40-44,46,48-51H2,1-5H3,(H-,55,58,59,60)/b22-21-,39-17+,47-45+. The van der Waals surface area contributed by atoms with Crippen LogP contribution in [0.2, 0.25) is 0 Å². The van der Waals surface area contributed by atoms with Crippen LogP contribution in [0.4, 0.5) is 0 Å². The molecule has 0 aliphatic carbocycles. The monoisotopic (exact) mass is 909 g/mol. The Morgan fingerprint density at radius 2 is 0.889 bits per heavy atom. The number of phosphoric acid groups is 1. The molecule has 3 unspecified atom stereocenters. The van der Waals surface area contributed by atoms with Crippen LogP contribution in [0.1, 0.15) is 251 Å². The fourth-order valence-corrected chi connectivity index (χ4v) is 8.53. The molecule has 0 heterocycles. The quantitative estimate of drug-likeness (QED) is 0.0272. The van der Waals surface area contributed by atoms with Gasteiger partial charge in [0.1, 0.15) is 13.2 Å². The molecular weight excluding hydrogens is 804 g/mol. The first-order chi connectivity index (χ1) is 30.5. The molecule has 0 saturated heterocycles. The van der Waals surface area contributed by atoms with Crippen LogP contribution < -0.4 is 10.2 Å². The number of nitrogens with zero attached hydrogens (tertiary/aromatic N) is 1. The fraction of sp³-hybridized carbons (Fsp3) is 0.870. The number of unbranched alkanes of at least 4 members (excludes halogenated alkanes) is 32. The van der Waals surface area contributed by atoms with Gasteiger partial charge in [0, 0.05) is 6.42 Å². The summed E-state index contributed by atoms with van der Waals surface area (Å²) in [5, 5.41) is 13.7. The number of quaternary nitrogens is 1. The van der Waals surface area contributed by atoms with E-state index in [1.165, 1.54) is 193 Å². The number of phosphoric ester groups is 1. The van der Waals surface area contributed by atoms with E-state index >= 15 is 0 Å². The molecule has 63 heavy (non-hydrogen) atoms. The Bertz CT molecular complexity index is 1120. The molecule has 0 aliphatic rings. The van der Waals surface area contributed by atoms with E-state index in [-0.39, 0.29) is 12.5 Å². The second-order valence-corrected chi connectivity index (χ2v) is 21.0. The molecule has 0 aromatic heterocycles. The average Bonchev–Trinajstić information content (AvgIpc) is 3.24. The highest BCUT2D eigenvalue weighted by molar-refractivity contribution is 7.45. The summed E-state index contributed by atoms with van der Waals surface area (Å²) in [6, 6.07) is -0.899. The van der Waals surface area contributed by atoms with Gasteiger partial charge in [-0.2, -0.15) is 0 Å². The number of rotatable bonds is 49. The zero-order valence-corrected chi connectivity index (χ0v) is 43.2. The predicted molar refractivity (Wildman–Crippen MR) is 270 cm³/mol. The van der Waals surface area contributed by atoms with Gasteiger partial charge in [-0.1, -0.05) is 224 Å². The van der Waals surface area contributed by atoms with Crippen LogP contribution in [0, 0.1) is 0 Å². The molecule has 372 valence electrons. The second kappa shape index (κ2) is 45.9. The Kier molecular flexibility index (Phi) is 44.9. The molecule has 2 N–H and O–H groups in total. The van der Waals surface area contributed by atoms with Crippen LogP contribution in [-0.4, -0.2) is 68.5 Å². The molecule has 0 bridgehead atoms. The van der Waals surface area contributed by atoms with Crippen molar-refractivity contribution in [3.05, 3.63) is 36.5 Å². The Labute approximate surface area is 391 Å². The van der Waals surface area contributed by atoms with Crippen molar-refractivity contribution in [2.24, 2.45) is 0 Å². The molecule has 1 amide bonds. The maximum Gasteiger partial charge on any atom is 0.268 e. The predicted octanol–water partition coefficient (Wildman–Crippen LogP) is 15.2. The van der Waals surface area contributed by atoms with E-state index in [1.807, 2.05) is 27.2 Å². The lowest BCUT2D eigenvalue weighted by atomic mass is 10.0. The Morgan fingerprint density at radius 3 is 1.30 bits per heavy atom. The zero-order chi connectivity index (χ0) is 46.4. The summed E-state index contributed by atoms with van der Waals surface area (Å²) in [6.07, 6.45) is 58.1. The Balaban J connectivity index is 3.98. The van der Waals surface area contributed by atoms with E-state index in [1.54, 1.807) is 6.08 Å². The highest BCUT2D eigenvalue weighted by Crippen LogP contribution is 2.38. The van der Waals surface area contributed by atoms with Crippen LogP contribution >= 0.6 is 7.82 Å². The van der Waals surface area contributed by atoms with Crippen LogP contribution in [-0.2, 0) is 18.4 Å². The van der Waals surface area contributed by atoms with Crippen LogP contribution in [0.15, 0.2) is 36.5 Å². The van der Waals surface area contributed by atoms with E-state index in [4.69, 9.17) is 9.05 Å². The Hall–Kier alpha value is -1.28. The minimum atomic E-state index is -4.59. The van der Waals surface area contributed by atoms with Gasteiger partial charge in [0.15, 0.2) is 0 Å². The first-order valence-electron chi connectivity index (χ1n) is 26.9. The number of carbonyl (C=O) groups excluding carboxylic acids is 1. The molecule has 3 atom stereocenters. The van der Waals surface area contributed by atoms with Crippen molar-refractivity contribution in [2.45, 2.75) is 264 Å². The molecule has 0 spiro atoms. The molecule has 0 fully saturated rings. The minimum Gasteiger partial charge on any atom is -0.756 e. The maximum absolute atomic E-state index is 12.9. The minimum absolute atomic E-state index is 0.00546. The number of aliphatic hydroxyl groups excluding tert-OH is 1. The second-order valence-electron chi connectivity index (χ2n) is 19.6. The summed E-state index contributed by atoms with van der Waals surface area (Å²) < 4.78 is 23.2. The zero-order valence-electron chi connectivity index (χ0n) is 42.3. The van der Waals surface area contributed by atoms with Gasteiger partial charge < -0.3 is 28.8 Å². The highest BCUT2D eigenvalue weighted by atomic mass is 31.2. The van der Waals surface area contributed by atoms with Crippen LogP contribution in [0.25, 0.3) is 0 Å². The molecule has 0 saturated carbocycles. The third-order valence-corrected chi connectivity index (χ3v) is 13.0. The van der Waals surface area contributed by atoms with E-state index in [2.05, 4.69) is 43.5 Å². The van der Waals surface area contributed by atoms with Crippen molar-refractivity contribution in [1.82, 2.24) is 5.32 Å². The summed E-state index contributed by atoms with van der Waals surface area (Å²) in [5.74, 6) is -0.206. The van der Waals surface area contributed by atoms with Crippen molar-refractivity contribution in [3.8, 4) is 0 Å². The van der Waals surface area contributed by atoms with E-state index in [0.717, 1.165) is 38.5 Å². The largest absolute Gasteiger partial charge is 0.756 e. The number of nitrogens with one attached hydrogen (secondary N) is 1. The summed E-state index contributed by atoms with van der Waals surface area (Å²) in [7, 11) is 1.25. The van der Waals surface area contributed by atoms with Gasteiger partial charge in [-0.05, 0) is 57.8 Å². The fourth-order valence-electron chi connectivity index (χ4n) is 7.81. The van der Waals surface area contributed by atoms with Crippen molar-refractivity contribution in [3.63, 3.8) is 0 Å². The number of hydrogen-bond acceptors (Lipinski definition) is 6. The third-order valence-electron chi connectivity index (χ3n) is 12.1. The van der Waals surface area contributed by atoms with Gasteiger partial charge in [0.05, 0.1) is 39.9 Å². The van der Waals surface area contributed by atoms with Crippen LogP contribution in [0.3, 0.4) is 0 Å². The maximum atomic E-state index is 12.9. The summed E-state index contributed by atoms with van der Waals surface area (Å²) in [5.41, 5.74) is 0. The van der Waals surface area contributed by atoms with Crippen molar-refractivity contribution in [1.29, 1.82) is 0 Å². The van der Waals surface area contributed by atoms with Crippen LogP contribution in [0.5, 0.6) is 0 Å². The molecule has 0 rings (SSSR count). The number of hydrogen-bond donors (Lipinski definition) is 2. The number of amides is 1. The summed E-state index contributed by atoms with van der Waals surface area (Å²) >= 11 is 0. The van der Waals surface area contributed by atoms with Gasteiger partial charge in [-0.3, -0.25) is 9.36 Å². The number of aliphatic hydroxyl groups is 1. The lowest BCUT2D eigenvalue weighted by molar-refractivity contribution is -0.870. The normalized spacial score (nSPS) is 14.3. The first-order valence-corrected chi connectivity index (χ1v) is 28.3. The van der Waals surface area contributed by atoms with Gasteiger partial charge in [0.25, 0.3) is 7.82 Å². The van der Waals surface area contributed by atoms with E-state index in [9.17, 15) is 19.4 Å². The molecule has 9 heteroatoms. The smallest absolute Gasteiger partial charge is 0.268 e. The van der Waals surface area contributed by atoms with Gasteiger partial charge in [0.2, 0.25) is 5.91 Å². The van der Waals surface area contributed by atoms with Gasteiger partial charge in [-0.15, -0.1) is 0 Å². The SMILES string of the molecule is CCCCCC/C=C/CC/C=C/C(O)C(COP(=O)([O-])OCC[N+](C)(C)C)NC(=O)CCCCCCCCCCCCCCCCCCCCC/C=C\CCCCCCCCCC. The van der Waals surface area contributed by atoms with E-state index in [0.29, 0.717) is 17.4 Å². The van der Waals surface area contributed by atoms with Gasteiger partial charge >= 0.3 is 0 Å². The number of allylic oxidation sites excluding steroid dienone is 5. The molecule has 0 aromatic rings.